The molecule has 1 N–H and O–H groups in total. The molecule has 114 valence electrons. The van der Waals surface area contributed by atoms with Crippen molar-refractivity contribution in [3.05, 3.63) is 29.6 Å². The Morgan fingerprint density at radius 3 is 2.86 bits per heavy atom. The van der Waals surface area contributed by atoms with Crippen LogP contribution in [0.1, 0.15) is 17.0 Å². The van der Waals surface area contributed by atoms with E-state index in [1.807, 2.05) is 18.2 Å². The molecular weight excluding hydrogens is 304 g/mol. The van der Waals surface area contributed by atoms with Gasteiger partial charge in [-0.15, -0.1) is 0 Å². The lowest BCUT2D eigenvalue weighted by molar-refractivity contribution is -0.107. The second-order valence-electron chi connectivity index (χ2n) is 6.33. The molecule has 0 aliphatic heterocycles. The maximum absolute atomic E-state index is 10.5. The van der Waals surface area contributed by atoms with Gasteiger partial charge in [0, 0.05) is 26.8 Å². The van der Waals surface area contributed by atoms with E-state index in [0.29, 0.717) is 18.7 Å². The zero-order valence-electron chi connectivity index (χ0n) is 12.6. The topological polar surface area (TPSA) is 55.0 Å². The number of carbonyl (C=O) groups is 1. The molecule has 6 heteroatoms. The Balaban J connectivity index is 2.05. The van der Waals surface area contributed by atoms with Crippen molar-refractivity contribution in [3.8, 4) is 0 Å². The predicted molar refractivity (Wildman–Crippen MR) is 88.6 cm³/mol. The maximum Gasteiger partial charge on any atom is 0.173 e. The highest BCUT2D eigenvalue weighted by molar-refractivity contribution is 6.76. The molecule has 0 bridgehead atoms. The fraction of sp³-hybridized carbons (Fsp3) is 0.467. The van der Waals surface area contributed by atoms with Crippen LogP contribution in [0.3, 0.4) is 0 Å². The highest BCUT2D eigenvalue weighted by Gasteiger charge is 2.16. The summed E-state index contributed by atoms with van der Waals surface area (Å²) in [7, 11) is -1.12. The molecular formula is C15H21ClN2O2Si. The molecule has 4 nitrogen and oxygen atoms in total. The number of carbonyl (C=O) groups excluding carboxylic acids is 1. The first kappa shape index (κ1) is 16.2. The molecule has 0 aliphatic rings. The number of H-pyrrole nitrogens is 1. The number of aldehydes is 1. The highest BCUT2D eigenvalue weighted by Crippen LogP contribution is 2.24. The molecule has 0 spiro atoms. The SMILES string of the molecule is C[Si](C)(C)CCO[C@@H](Cl)c1ccc2[nH]c(CC=O)cc2n1. The van der Waals surface area contributed by atoms with Gasteiger partial charge in [-0.2, -0.15) is 0 Å². The van der Waals surface area contributed by atoms with Crippen LogP contribution >= 0.6 is 11.6 Å². The number of hydrogen-bond acceptors (Lipinski definition) is 3. The number of rotatable bonds is 7. The van der Waals surface area contributed by atoms with Crippen molar-refractivity contribution in [3.63, 3.8) is 0 Å². The smallest absolute Gasteiger partial charge is 0.173 e. The maximum atomic E-state index is 10.5. The van der Waals surface area contributed by atoms with Crippen molar-refractivity contribution >= 4 is 37.0 Å². The number of ether oxygens (including phenoxy) is 1. The molecule has 0 radical (unpaired) electrons. The highest BCUT2D eigenvalue weighted by atomic mass is 35.5. The number of alkyl halides is 1. The molecule has 2 aromatic rings. The average Bonchev–Trinajstić information content (AvgIpc) is 2.78. The van der Waals surface area contributed by atoms with E-state index in [2.05, 4.69) is 29.6 Å². The summed E-state index contributed by atoms with van der Waals surface area (Å²) in [4.78, 5) is 18.2. The number of pyridine rings is 1. The molecule has 1 atom stereocenters. The minimum atomic E-state index is -1.12. The molecule has 0 aliphatic carbocycles. The van der Waals surface area contributed by atoms with Crippen LogP contribution < -0.4 is 0 Å². The predicted octanol–water partition coefficient (Wildman–Crippen LogP) is 3.90. The number of nitrogens with one attached hydrogen (secondary N) is 1. The quantitative estimate of drug-likeness (QED) is 0.477. The van der Waals surface area contributed by atoms with Gasteiger partial charge in [-0.25, -0.2) is 4.98 Å². The minimum Gasteiger partial charge on any atom is -0.357 e. The largest absolute Gasteiger partial charge is 0.357 e. The van der Waals surface area contributed by atoms with Gasteiger partial charge in [0.2, 0.25) is 0 Å². The Hall–Kier alpha value is -1.17. The number of aromatic nitrogens is 2. The van der Waals surface area contributed by atoms with E-state index in [9.17, 15) is 4.79 Å². The summed E-state index contributed by atoms with van der Waals surface area (Å²) in [5.41, 5.74) is 2.74. The third-order valence-corrected chi connectivity index (χ3v) is 5.26. The summed E-state index contributed by atoms with van der Waals surface area (Å²) >= 11 is 6.27. The van der Waals surface area contributed by atoms with E-state index in [0.717, 1.165) is 29.1 Å². The lowest BCUT2D eigenvalue weighted by Crippen LogP contribution is -2.21. The molecule has 0 fully saturated rings. The minimum absolute atomic E-state index is 0.364. The van der Waals surface area contributed by atoms with Crippen LogP contribution in [0.5, 0.6) is 0 Å². The summed E-state index contributed by atoms with van der Waals surface area (Å²) in [6.07, 6.45) is 1.23. The van der Waals surface area contributed by atoms with E-state index in [4.69, 9.17) is 16.3 Å². The van der Waals surface area contributed by atoms with Crippen LogP contribution in [-0.2, 0) is 16.0 Å². The van der Waals surface area contributed by atoms with Crippen molar-refractivity contribution < 1.29 is 9.53 Å². The summed E-state index contributed by atoms with van der Waals surface area (Å²) in [5, 5.41) is 0. The molecule has 0 amide bonds. The Kier molecular flexibility index (Phi) is 5.19. The lowest BCUT2D eigenvalue weighted by Gasteiger charge is -2.17. The van der Waals surface area contributed by atoms with Gasteiger partial charge in [-0.1, -0.05) is 31.2 Å². The fourth-order valence-corrected chi connectivity index (χ4v) is 2.90. The first-order chi connectivity index (χ1) is 9.89. The molecule has 0 unspecified atom stereocenters. The summed E-state index contributed by atoms with van der Waals surface area (Å²) in [6, 6.07) is 6.73. The number of nitrogens with zero attached hydrogens (tertiary/aromatic N) is 1. The van der Waals surface area contributed by atoms with Gasteiger partial charge in [-0.05, 0) is 24.2 Å². The standard InChI is InChI=1S/C15H21ClN2O2Si/c1-21(2,3)9-8-20-15(16)13-5-4-12-14(18-13)10-11(17-12)6-7-19/h4-5,7,10,15,17H,6,8-9H2,1-3H3/t15-/m1/s1. The van der Waals surface area contributed by atoms with Crippen LogP contribution in [0, 0.1) is 0 Å². The molecule has 2 rings (SSSR count). The van der Waals surface area contributed by atoms with Crippen LogP contribution in [0.25, 0.3) is 11.0 Å². The third kappa shape index (κ3) is 4.66. The first-order valence-electron chi connectivity index (χ1n) is 7.07. The molecule has 2 aromatic heterocycles. The summed E-state index contributed by atoms with van der Waals surface area (Å²) in [5.74, 6) is 0. The first-order valence-corrected chi connectivity index (χ1v) is 11.2. The lowest BCUT2D eigenvalue weighted by atomic mass is 10.3. The molecule has 0 saturated heterocycles. The van der Waals surface area contributed by atoms with Gasteiger partial charge in [0.1, 0.15) is 6.29 Å². The van der Waals surface area contributed by atoms with E-state index < -0.39 is 13.6 Å². The van der Waals surface area contributed by atoms with Crippen molar-refractivity contribution in [2.45, 2.75) is 37.7 Å². The van der Waals surface area contributed by atoms with E-state index in [1.54, 1.807) is 0 Å². The number of aromatic amines is 1. The summed E-state index contributed by atoms with van der Waals surface area (Å²) in [6.45, 7) is 7.57. The van der Waals surface area contributed by atoms with Crippen molar-refractivity contribution in [1.82, 2.24) is 9.97 Å². The Bertz CT molecular complexity index is 622. The number of hydrogen-bond donors (Lipinski definition) is 1. The second kappa shape index (κ2) is 6.73. The van der Waals surface area contributed by atoms with Gasteiger partial charge in [-0.3, -0.25) is 0 Å². The van der Waals surface area contributed by atoms with Gasteiger partial charge in [0.05, 0.1) is 16.7 Å². The molecule has 0 aromatic carbocycles. The van der Waals surface area contributed by atoms with Gasteiger partial charge in [0.15, 0.2) is 5.56 Å². The zero-order chi connectivity index (χ0) is 15.5. The van der Waals surface area contributed by atoms with Gasteiger partial charge in [0.25, 0.3) is 0 Å². The Morgan fingerprint density at radius 1 is 1.43 bits per heavy atom. The van der Waals surface area contributed by atoms with Crippen LogP contribution in [-0.4, -0.2) is 30.9 Å². The molecule has 0 saturated carbocycles. The average molecular weight is 325 g/mol. The van der Waals surface area contributed by atoms with E-state index >= 15 is 0 Å². The monoisotopic (exact) mass is 324 g/mol. The van der Waals surface area contributed by atoms with Crippen molar-refractivity contribution in [1.29, 1.82) is 0 Å². The van der Waals surface area contributed by atoms with Crippen LogP contribution in [0.2, 0.25) is 25.7 Å². The molecule has 21 heavy (non-hydrogen) atoms. The van der Waals surface area contributed by atoms with Crippen LogP contribution in [0.4, 0.5) is 0 Å². The van der Waals surface area contributed by atoms with Gasteiger partial charge < -0.3 is 14.5 Å². The zero-order valence-corrected chi connectivity index (χ0v) is 14.4. The van der Waals surface area contributed by atoms with Gasteiger partial charge >= 0.3 is 0 Å². The fourth-order valence-electron chi connectivity index (χ4n) is 1.96. The van der Waals surface area contributed by atoms with Crippen LogP contribution in [0.15, 0.2) is 18.2 Å². The molecule has 2 heterocycles. The third-order valence-electron chi connectivity index (χ3n) is 3.20. The van der Waals surface area contributed by atoms with E-state index in [-0.39, 0.29) is 0 Å². The Morgan fingerprint density at radius 2 is 2.19 bits per heavy atom. The second-order valence-corrected chi connectivity index (χ2v) is 12.3. The Labute approximate surface area is 130 Å². The summed E-state index contributed by atoms with van der Waals surface area (Å²) < 4.78 is 5.68. The van der Waals surface area contributed by atoms with Crippen molar-refractivity contribution in [2.75, 3.05) is 6.61 Å². The number of halogens is 1. The van der Waals surface area contributed by atoms with E-state index in [1.165, 1.54) is 0 Å². The normalized spacial score (nSPS) is 13.5. The number of fused-ring (bicyclic) bond motifs is 1. The van der Waals surface area contributed by atoms with Crippen molar-refractivity contribution in [2.24, 2.45) is 0 Å².